The molecule has 0 radical (unpaired) electrons. The Balaban J connectivity index is 2.71. The Hall–Kier alpha value is -1.64. The number of hydrogen-bond donors (Lipinski definition) is 0. The van der Waals surface area contributed by atoms with Gasteiger partial charge in [-0.15, -0.1) is 0 Å². The predicted molar refractivity (Wildman–Crippen MR) is 61.8 cm³/mol. The molecule has 0 aliphatic heterocycles. The Morgan fingerprint density at radius 1 is 1.40 bits per heavy atom. The maximum atomic E-state index is 4.51. The van der Waals surface area contributed by atoms with Crippen LogP contribution in [0.5, 0.6) is 0 Å². The van der Waals surface area contributed by atoms with E-state index >= 15 is 0 Å². The molecular formula is C12H15N3. The average molecular weight is 201 g/mol. The van der Waals surface area contributed by atoms with Crippen molar-refractivity contribution in [2.75, 3.05) is 0 Å². The molecule has 78 valence electrons. The molecule has 15 heavy (non-hydrogen) atoms. The lowest BCUT2D eigenvalue weighted by Crippen LogP contribution is -1.95. The summed E-state index contributed by atoms with van der Waals surface area (Å²) in [5, 5.41) is 4.51. The maximum absolute atomic E-state index is 4.51. The number of nitrogens with zero attached hydrogens (tertiary/aromatic N) is 3. The van der Waals surface area contributed by atoms with E-state index in [9.17, 15) is 0 Å². The highest BCUT2D eigenvalue weighted by atomic mass is 15.2. The zero-order valence-electron chi connectivity index (χ0n) is 9.57. The zero-order valence-corrected chi connectivity index (χ0v) is 9.57. The molecule has 3 heteroatoms. The van der Waals surface area contributed by atoms with Crippen LogP contribution in [0.15, 0.2) is 18.3 Å². The summed E-state index contributed by atoms with van der Waals surface area (Å²) in [6.07, 6.45) is 4.02. The third-order valence-electron chi connectivity index (χ3n) is 2.60. The molecule has 3 nitrogen and oxygen atoms in total. The van der Waals surface area contributed by atoms with E-state index in [0.29, 0.717) is 0 Å². The minimum Gasteiger partial charge on any atom is -0.255 e. The molecule has 2 heterocycles. The Kier molecular flexibility index (Phi) is 2.31. The van der Waals surface area contributed by atoms with Crippen LogP contribution >= 0.6 is 0 Å². The van der Waals surface area contributed by atoms with Crippen molar-refractivity contribution in [3.05, 3.63) is 35.4 Å². The van der Waals surface area contributed by atoms with Crippen molar-refractivity contribution in [3.63, 3.8) is 0 Å². The van der Waals surface area contributed by atoms with Crippen molar-refractivity contribution in [1.29, 1.82) is 0 Å². The molecule has 0 atom stereocenters. The second-order valence-corrected chi connectivity index (χ2v) is 3.80. The number of fused-ring (bicyclic) bond motifs is 1. The molecule has 0 amide bonds. The summed E-state index contributed by atoms with van der Waals surface area (Å²) in [6, 6.07) is 2.08. The van der Waals surface area contributed by atoms with Crippen LogP contribution in [-0.2, 0) is 0 Å². The van der Waals surface area contributed by atoms with Gasteiger partial charge in [-0.3, -0.25) is 4.98 Å². The first-order valence-corrected chi connectivity index (χ1v) is 5.08. The highest BCUT2D eigenvalue weighted by Gasteiger charge is 2.06. The predicted octanol–water partition coefficient (Wildman–Crippen LogP) is 2.77. The van der Waals surface area contributed by atoms with Gasteiger partial charge < -0.3 is 0 Å². The van der Waals surface area contributed by atoms with E-state index in [0.717, 1.165) is 22.6 Å². The number of rotatable bonds is 1. The molecule has 2 rings (SSSR count). The molecular weight excluding hydrogens is 186 g/mol. The molecule has 0 aliphatic carbocycles. The first kappa shape index (κ1) is 9.90. The Morgan fingerprint density at radius 3 is 2.80 bits per heavy atom. The van der Waals surface area contributed by atoms with Crippen molar-refractivity contribution >= 4 is 11.1 Å². The van der Waals surface area contributed by atoms with Gasteiger partial charge in [0.2, 0.25) is 0 Å². The Labute approximate surface area is 89.5 Å². The third kappa shape index (κ3) is 1.65. The van der Waals surface area contributed by atoms with Crippen molar-refractivity contribution in [2.24, 2.45) is 0 Å². The topological polar surface area (TPSA) is 30.2 Å². The van der Waals surface area contributed by atoms with Gasteiger partial charge in [0, 0.05) is 0 Å². The smallest absolute Gasteiger partial charge is 0.0888 e. The van der Waals surface area contributed by atoms with Crippen molar-refractivity contribution in [2.45, 2.75) is 27.7 Å². The van der Waals surface area contributed by atoms with E-state index in [2.05, 4.69) is 29.1 Å². The summed E-state index contributed by atoms with van der Waals surface area (Å²) in [5.74, 6) is 0. The standard InChI is InChI=1S/C12H15N3/c1-5-8(2)11-6-12-10(4)13-9(3)7-15(12)14-11/h5-7H,1-4H3/b8-5+. The van der Waals surface area contributed by atoms with Crippen LogP contribution in [0.3, 0.4) is 0 Å². The van der Waals surface area contributed by atoms with Gasteiger partial charge in [0.25, 0.3) is 0 Å². The van der Waals surface area contributed by atoms with Crippen molar-refractivity contribution < 1.29 is 0 Å². The van der Waals surface area contributed by atoms with Gasteiger partial charge in [-0.1, -0.05) is 6.08 Å². The number of allylic oxidation sites excluding steroid dienone is 2. The quantitative estimate of drug-likeness (QED) is 0.710. The molecule has 2 aromatic heterocycles. The van der Waals surface area contributed by atoms with Crippen molar-refractivity contribution in [3.8, 4) is 0 Å². The van der Waals surface area contributed by atoms with Gasteiger partial charge in [-0.2, -0.15) is 5.10 Å². The van der Waals surface area contributed by atoms with Gasteiger partial charge in [0.05, 0.1) is 28.8 Å². The van der Waals surface area contributed by atoms with E-state index in [4.69, 9.17) is 0 Å². The fourth-order valence-electron chi connectivity index (χ4n) is 1.63. The molecule has 0 saturated carbocycles. The minimum atomic E-state index is 0.993. The van der Waals surface area contributed by atoms with Crippen LogP contribution in [0.25, 0.3) is 11.1 Å². The molecule has 0 unspecified atom stereocenters. The van der Waals surface area contributed by atoms with E-state index < -0.39 is 0 Å². The molecule has 2 aromatic rings. The fourth-order valence-corrected chi connectivity index (χ4v) is 1.63. The largest absolute Gasteiger partial charge is 0.255 e. The summed E-state index contributed by atoms with van der Waals surface area (Å²) in [6.45, 7) is 8.09. The van der Waals surface area contributed by atoms with E-state index in [1.165, 1.54) is 5.57 Å². The van der Waals surface area contributed by atoms with Crippen LogP contribution in [0, 0.1) is 13.8 Å². The van der Waals surface area contributed by atoms with Gasteiger partial charge in [0.1, 0.15) is 0 Å². The SMILES string of the molecule is C/C=C(\C)c1cc2c(C)nc(C)cn2n1. The van der Waals surface area contributed by atoms with Crippen LogP contribution in [0.4, 0.5) is 0 Å². The maximum Gasteiger partial charge on any atom is 0.0888 e. The molecule has 0 aromatic carbocycles. The third-order valence-corrected chi connectivity index (χ3v) is 2.60. The lowest BCUT2D eigenvalue weighted by molar-refractivity contribution is 0.907. The number of aromatic nitrogens is 3. The summed E-state index contributed by atoms with van der Waals surface area (Å²) in [5.41, 5.74) is 5.31. The van der Waals surface area contributed by atoms with Crippen LogP contribution < -0.4 is 0 Å². The lowest BCUT2D eigenvalue weighted by atomic mass is 10.2. The van der Waals surface area contributed by atoms with Gasteiger partial charge in [-0.05, 0) is 39.3 Å². The number of aryl methyl sites for hydroxylation is 2. The Bertz CT molecular complexity index is 535. The molecule has 0 bridgehead atoms. The van der Waals surface area contributed by atoms with E-state index in [1.54, 1.807) is 0 Å². The fraction of sp³-hybridized carbons (Fsp3) is 0.333. The molecule has 0 aliphatic rings. The zero-order chi connectivity index (χ0) is 11.0. The summed E-state index contributed by atoms with van der Waals surface area (Å²) in [4.78, 5) is 4.42. The van der Waals surface area contributed by atoms with E-state index in [-0.39, 0.29) is 0 Å². The van der Waals surface area contributed by atoms with Crippen LogP contribution in [0.2, 0.25) is 0 Å². The first-order chi connectivity index (χ1) is 7.11. The highest BCUT2D eigenvalue weighted by molar-refractivity contribution is 5.66. The summed E-state index contributed by atoms with van der Waals surface area (Å²) < 4.78 is 1.90. The summed E-state index contributed by atoms with van der Waals surface area (Å²) in [7, 11) is 0. The molecule has 0 saturated heterocycles. The van der Waals surface area contributed by atoms with Gasteiger partial charge >= 0.3 is 0 Å². The molecule has 0 fully saturated rings. The van der Waals surface area contributed by atoms with Gasteiger partial charge in [-0.25, -0.2) is 4.52 Å². The number of hydrogen-bond acceptors (Lipinski definition) is 2. The second-order valence-electron chi connectivity index (χ2n) is 3.80. The van der Waals surface area contributed by atoms with Gasteiger partial charge in [0.15, 0.2) is 0 Å². The lowest BCUT2D eigenvalue weighted by Gasteiger charge is -1.98. The van der Waals surface area contributed by atoms with Crippen molar-refractivity contribution in [1.82, 2.24) is 14.6 Å². The van der Waals surface area contributed by atoms with E-state index in [1.807, 2.05) is 31.5 Å². The first-order valence-electron chi connectivity index (χ1n) is 5.08. The summed E-state index contributed by atoms with van der Waals surface area (Å²) >= 11 is 0. The second kappa shape index (κ2) is 3.50. The molecule has 0 N–H and O–H groups in total. The highest BCUT2D eigenvalue weighted by Crippen LogP contribution is 2.16. The van der Waals surface area contributed by atoms with Crippen LogP contribution in [0.1, 0.15) is 30.9 Å². The Morgan fingerprint density at radius 2 is 2.13 bits per heavy atom. The monoisotopic (exact) mass is 201 g/mol. The minimum absolute atomic E-state index is 0.993. The average Bonchev–Trinajstić information content (AvgIpc) is 2.60. The molecule has 0 spiro atoms. The normalized spacial score (nSPS) is 12.4. The van der Waals surface area contributed by atoms with Crippen LogP contribution in [-0.4, -0.2) is 14.6 Å².